The molecule has 6 heteroatoms. The van der Waals surface area contributed by atoms with E-state index in [-0.39, 0.29) is 0 Å². The summed E-state index contributed by atoms with van der Waals surface area (Å²) < 4.78 is 5.23. The van der Waals surface area contributed by atoms with Crippen molar-refractivity contribution in [2.75, 3.05) is 19.6 Å². The average Bonchev–Trinajstić information content (AvgIpc) is 3.08. The summed E-state index contributed by atoms with van der Waals surface area (Å²) in [7, 11) is 2.05. The van der Waals surface area contributed by atoms with E-state index in [4.69, 9.17) is 0 Å². The Kier molecular flexibility index (Phi) is 3.70. The molecule has 19 heavy (non-hydrogen) atoms. The van der Waals surface area contributed by atoms with E-state index in [0.717, 1.165) is 30.5 Å². The molecule has 0 radical (unpaired) electrons. The van der Waals surface area contributed by atoms with Gasteiger partial charge in [-0.2, -0.15) is 5.10 Å². The van der Waals surface area contributed by atoms with E-state index in [2.05, 4.69) is 53.4 Å². The van der Waals surface area contributed by atoms with Crippen molar-refractivity contribution >= 4 is 15.9 Å². The Morgan fingerprint density at radius 3 is 3.00 bits per heavy atom. The topological polar surface area (TPSA) is 38.9 Å². The molecule has 0 N–H and O–H groups in total. The summed E-state index contributed by atoms with van der Waals surface area (Å²) in [5.74, 6) is 0. The van der Waals surface area contributed by atoms with Crippen molar-refractivity contribution in [3.63, 3.8) is 0 Å². The molecule has 2 aromatic rings. The molecular weight excluding hydrogens is 306 g/mol. The largest absolute Gasteiger partial charge is 0.338 e. The number of imidazole rings is 1. The third-order valence-corrected chi connectivity index (χ3v) is 4.20. The van der Waals surface area contributed by atoms with Crippen LogP contribution in [0.3, 0.4) is 0 Å². The maximum Gasteiger partial charge on any atom is 0.0945 e. The summed E-state index contributed by atoms with van der Waals surface area (Å²) >= 11 is 3.45. The van der Waals surface area contributed by atoms with Crippen LogP contribution in [-0.4, -0.2) is 43.9 Å². The number of aromatic nitrogens is 4. The zero-order valence-corrected chi connectivity index (χ0v) is 12.6. The summed E-state index contributed by atoms with van der Waals surface area (Å²) in [5, 5.41) is 4.39. The van der Waals surface area contributed by atoms with Crippen molar-refractivity contribution in [3.8, 4) is 0 Å². The molecule has 5 nitrogen and oxygen atoms in total. The number of aryl methyl sites for hydroxylation is 1. The lowest BCUT2D eigenvalue weighted by molar-refractivity contribution is 0.321. The van der Waals surface area contributed by atoms with Crippen LogP contribution in [0.15, 0.2) is 29.4 Å². The molecule has 2 aromatic heterocycles. The maximum atomic E-state index is 4.39. The first-order valence-electron chi connectivity index (χ1n) is 6.59. The second-order valence-electron chi connectivity index (χ2n) is 5.13. The number of hydrogen-bond donors (Lipinski definition) is 0. The number of rotatable bonds is 4. The first-order chi connectivity index (χ1) is 9.22. The number of halogens is 1. The maximum absolute atomic E-state index is 4.39. The normalized spacial score (nSPS) is 20.2. The third-order valence-electron chi connectivity index (χ3n) is 3.79. The molecule has 1 aliphatic rings. The van der Waals surface area contributed by atoms with Crippen LogP contribution >= 0.6 is 15.9 Å². The Morgan fingerprint density at radius 1 is 1.42 bits per heavy atom. The van der Waals surface area contributed by atoms with Crippen LogP contribution in [0.2, 0.25) is 0 Å². The fourth-order valence-electron chi connectivity index (χ4n) is 2.64. The van der Waals surface area contributed by atoms with Crippen LogP contribution < -0.4 is 0 Å². The van der Waals surface area contributed by atoms with Gasteiger partial charge in [-0.05, 0) is 22.4 Å². The summed E-state index contributed by atoms with van der Waals surface area (Å²) in [6, 6.07) is 0.512. The van der Waals surface area contributed by atoms with Gasteiger partial charge in [-0.15, -0.1) is 0 Å². The number of hydrogen-bond acceptors (Lipinski definition) is 3. The van der Waals surface area contributed by atoms with Crippen molar-refractivity contribution in [2.24, 2.45) is 7.05 Å². The Labute approximate surface area is 121 Å². The van der Waals surface area contributed by atoms with Gasteiger partial charge in [0.25, 0.3) is 0 Å². The van der Waals surface area contributed by atoms with Crippen LogP contribution in [-0.2, 0) is 13.5 Å². The average molecular weight is 324 g/mol. The van der Waals surface area contributed by atoms with Gasteiger partial charge in [0, 0.05) is 51.2 Å². The first-order valence-corrected chi connectivity index (χ1v) is 7.39. The van der Waals surface area contributed by atoms with Crippen LogP contribution in [0.1, 0.15) is 18.2 Å². The molecule has 1 fully saturated rings. The molecule has 102 valence electrons. The van der Waals surface area contributed by atoms with Gasteiger partial charge in [-0.25, -0.2) is 4.98 Å². The lowest BCUT2D eigenvalue weighted by Gasteiger charge is -2.16. The summed E-state index contributed by atoms with van der Waals surface area (Å²) in [6.45, 7) is 3.34. The van der Waals surface area contributed by atoms with E-state index < -0.39 is 0 Å². The Hall–Kier alpha value is -1.14. The molecule has 3 rings (SSSR count). The quantitative estimate of drug-likeness (QED) is 0.862. The molecule has 0 spiro atoms. The zero-order chi connectivity index (χ0) is 13.2. The predicted molar refractivity (Wildman–Crippen MR) is 76.9 cm³/mol. The highest BCUT2D eigenvalue weighted by molar-refractivity contribution is 9.10. The minimum Gasteiger partial charge on any atom is -0.338 e. The van der Waals surface area contributed by atoms with Gasteiger partial charge in [0.15, 0.2) is 0 Å². The standard InChI is InChI=1S/C13H18BrN5/c1-17-10-15-7-12(17)2-4-18-5-3-13(9-18)19-8-11(14)6-16-19/h6-8,10,13H,2-5,9H2,1H3. The summed E-state index contributed by atoms with van der Waals surface area (Å²) in [4.78, 5) is 6.66. The third kappa shape index (κ3) is 2.90. The van der Waals surface area contributed by atoms with Gasteiger partial charge in [-0.1, -0.05) is 0 Å². The van der Waals surface area contributed by atoms with Gasteiger partial charge in [0.1, 0.15) is 0 Å². The molecule has 1 saturated heterocycles. The van der Waals surface area contributed by atoms with Crippen molar-refractivity contribution in [1.29, 1.82) is 0 Å². The second-order valence-corrected chi connectivity index (χ2v) is 6.04. The fourth-order valence-corrected chi connectivity index (χ4v) is 2.95. The zero-order valence-electron chi connectivity index (χ0n) is 11.0. The molecule has 1 unspecified atom stereocenters. The van der Waals surface area contributed by atoms with E-state index in [1.807, 2.05) is 18.7 Å². The highest BCUT2D eigenvalue weighted by Gasteiger charge is 2.24. The molecule has 0 saturated carbocycles. The lowest BCUT2D eigenvalue weighted by atomic mass is 10.3. The summed E-state index contributed by atoms with van der Waals surface area (Å²) in [5.41, 5.74) is 1.30. The van der Waals surface area contributed by atoms with Crippen molar-refractivity contribution in [3.05, 3.63) is 35.1 Å². The molecule has 0 aromatic carbocycles. The van der Waals surface area contributed by atoms with Crippen LogP contribution in [0.25, 0.3) is 0 Å². The highest BCUT2D eigenvalue weighted by atomic mass is 79.9. The molecule has 1 aliphatic heterocycles. The van der Waals surface area contributed by atoms with Crippen LogP contribution in [0.4, 0.5) is 0 Å². The predicted octanol–water partition coefficient (Wildman–Crippen LogP) is 1.87. The molecule has 0 aliphatic carbocycles. The van der Waals surface area contributed by atoms with Gasteiger partial charge in [0.05, 0.1) is 23.0 Å². The highest BCUT2D eigenvalue weighted by Crippen LogP contribution is 2.22. The number of nitrogens with zero attached hydrogens (tertiary/aromatic N) is 5. The monoisotopic (exact) mass is 323 g/mol. The molecular formula is C13H18BrN5. The Morgan fingerprint density at radius 2 is 2.32 bits per heavy atom. The van der Waals surface area contributed by atoms with Crippen molar-refractivity contribution in [1.82, 2.24) is 24.2 Å². The van der Waals surface area contributed by atoms with Crippen LogP contribution in [0.5, 0.6) is 0 Å². The van der Waals surface area contributed by atoms with E-state index in [1.165, 1.54) is 12.1 Å². The minimum atomic E-state index is 0.512. The lowest BCUT2D eigenvalue weighted by Crippen LogP contribution is -2.24. The molecule has 3 heterocycles. The van der Waals surface area contributed by atoms with Crippen LogP contribution in [0, 0.1) is 0 Å². The smallest absolute Gasteiger partial charge is 0.0945 e. The second kappa shape index (κ2) is 5.46. The SMILES string of the molecule is Cn1cncc1CCN1CCC(n2cc(Br)cn2)C1. The van der Waals surface area contributed by atoms with E-state index in [1.54, 1.807) is 0 Å². The van der Waals surface area contributed by atoms with Gasteiger partial charge in [0.2, 0.25) is 0 Å². The molecule has 0 bridgehead atoms. The van der Waals surface area contributed by atoms with Crippen molar-refractivity contribution < 1.29 is 0 Å². The van der Waals surface area contributed by atoms with E-state index >= 15 is 0 Å². The van der Waals surface area contributed by atoms with E-state index in [9.17, 15) is 0 Å². The Balaban J connectivity index is 1.53. The van der Waals surface area contributed by atoms with Gasteiger partial charge in [-0.3, -0.25) is 4.68 Å². The number of likely N-dealkylation sites (tertiary alicyclic amines) is 1. The fraction of sp³-hybridized carbons (Fsp3) is 0.538. The molecule has 1 atom stereocenters. The van der Waals surface area contributed by atoms with E-state index in [0.29, 0.717) is 6.04 Å². The molecule has 0 amide bonds. The van der Waals surface area contributed by atoms with Gasteiger partial charge >= 0.3 is 0 Å². The minimum absolute atomic E-state index is 0.512. The van der Waals surface area contributed by atoms with Crippen molar-refractivity contribution in [2.45, 2.75) is 18.9 Å². The Bertz CT molecular complexity index is 547. The first kappa shape index (κ1) is 12.9. The summed E-state index contributed by atoms with van der Waals surface area (Å²) in [6.07, 6.45) is 9.99. The van der Waals surface area contributed by atoms with Gasteiger partial charge < -0.3 is 9.47 Å².